The number of halogens is 1. The monoisotopic (exact) mass is 453 g/mol. The molecule has 7 nitrogen and oxygen atoms in total. The molecule has 1 aliphatic heterocycles. The third-order valence-corrected chi connectivity index (χ3v) is 6.67. The van der Waals surface area contributed by atoms with E-state index in [1.54, 1.807) is 11.5 Å². The average molecular weight is 454 g/mol. The number of nitrogens with zero attached hydrogens (tertiary/aromatic N) is 2. The summed E-state index contributed by atoms with van der Waals surface area (Å²) in [5.41, 5.74) is 13.5. The number of ether oxygens (including phenoxy) is 1. The van der Waals surface area contributed by atoms with Gasteiger partial charge in [0.2, 0.25) is 0 Å². The third kappa shape index (κ3) is 3.78. The molecule has 0 fully saturated rings. The van der Waals surface area contributed by atoms with Gasteiger partial charge in [-0.1, -0.05) is 19.9 Å². The van der Waals surface area contributed by atoms with Gasteiger partial charge in [-0.25, -0.2) is 9.18 Å². The second-order valence-electron chi connectivity index (χ2n) is 8.70. The Morgan fingerprint density at radius 3 is 2.82 bits per heavy atom. The Bertz CT molecular complexity index is 1280. The molecule has 0 saturated heterocycles. The van der Waals surface area contributed by atoms with Crippen LogP contribution in [0, 0.1) is 6.92 Å². The van der Waals surface area contributed by atoms with Gasteiger partial charge in [-0.3, -0.25) is 9.78 Å². The smallest absolute Gasteiger partial charge is 0.450 e. The molecule has 1 atom stereocenters. The van der Waals surface area contributed by atoms with Crippen LogP contribution >= 0.6 is 0 Å². The zero-order chi connectivity index (χ0) is 24.0. The zero-order valence-electron chi connectivity index (χ0n) is 19.1. The highest BCUT2D eigenvalue weighted by molar-refractivity contribution is 5.81. The molecule has 3 N–H and O–H groups in total. The summed E-state index contributed by atoms with van der Waals surface area (Å²) >= 11 is 0. The van der Waals surface area contributed by atoms with Crippen molar-refractivity contribution in [1.29, 1.82) is 0 Å². The predicted molar refractivity (Wildman–Crippen MR) is 124 cm³/mol. The van der Waals surface area contributed by atoms with E-state index in [0.717, 1.165) is 39.9 Å². The predicted octanol–water partition coefficient (Wildman–Crippen LogP) is 4.78. The summed E-state index contributed by atoms with van der Waals surface area (Å²) in [6, 6.07) is 1.66. The van der Waals surface area contributed by atoms with Gasteiger partial charge in [0.05, 0.1) is 23.5 Å². The fraction of sp³-hybridized carbons (Fsp3) is 0.400. The van der Waals surface area contributed by atoms with Crippen LogP contribution in [0.25, 0.3) is 17.0 Å². The van der Waals surface area contributed by atoms with Crippen molar-refractivity contribution < 1.29 is 19.0 Å². The van der Waals surface area contributed by atoms with Crippen molar-refractivity contribution in [3.63, 3.8) is 0 Å². The molecule has 1 aliphatic carbocycles. The molecular weight excluding hydrogens is 425 g/mol. The summed E-state index contributed by atoms with van der Waals surface area (Å²) in [5.74, 6) is -0.474. The number of nitrogens with two attached hydrogens (primary N) is 1. The van der Waals surface area contributed by atoms with Crippen LogP contribution in [0.5, 0.6) is 0 Å². The summed E-state index contributed by atoms with van der Waals surface area (Å²) < 4.78 is 20.4. The maximum absolute atomic E-state index is 14.0. The van der Waals surface area contributed by atoms with E-state index < -0.39 is 12.0 Å². The van der Waals surface area contributed by atoms with Crippen LogP contribution in [-0.2, 0) is 24.3 Å². The molecular formula is C25H28FN3O4. The summed E-state index contributed by atoms with van der Waals surface area (Å²) in [5, 5.41) is 8.93. The standard InChI is InChI=1S/C25H28FN3O4/c1-5-6-15-9-20-23-17(10-29(20)24(30)18(15)11-33-25(31)32)22-19(27)8-7-16(12(2)13(3)26)21(22)14(4)28-23/h9,19H,3,5-8,10-11,27H2,1-2,4H3,(H,31,32)/b16-12-/t19-/m0/s1. The minimum Gasteiger partial charge on any atom is -0.450 e. The van der Waals surface area contributed by atoms with Crippen molar-refractivity contribution in [2.45, 2.75) is 65.6 Å². The van der Waals surface area contributed by atoms with E-state index in [2.05, 4.69) is 6.58 Å². The zero-order valence-corrected chi connectivity index (χ0v) is 19.1. The lowest BCUT2D eigenvalue weighted by atomic mass is 9.79. The maximum Gasteiger partial charge on any atom is 0.506 e. The fourth-order valence-corrected chi connectivity index (χ4v) is 5.07. The first-order chi connectivity index (χ1) is 15.6. The van der Waals surface area contributed by atoms with Crippen LogP contribution < -0.4 is 11.3 Å². The topological polar surface area (TPSA) is 107 Å². The van der Waals surface area contributed by atoms with E-state index in [4.69, 9.17) is 20.6 Å². The van der Waals surface area contributed by atoms with E-state index in [0.29, 0.717) is 41.8 Å². The second-order valence-corrected chi connectivity index (χ2v) is 8.70. The van der Waals surface area contributed by atoms with Gasteiger partial charge in [0.1, 0.15) is 12.4 Å². The average Bonchev–Trinajstić information content (AvgIpc) is 3.11. The maximum atomic E-state index is 14.0. The Kier molecular flexibility index (Phi) is 5.97. The first-order valence-corrected chi connectivity index (χ1v) is 11.1. The number of hydrogen-bond donors (Lipinski definition) is 2. The quantitative estimate of drug-likeness (QED) is 0.539. The highest BCUT2D eigenvalue weighted by Crippen LogP contribution is 2.46. The molecule has 0 amide bonds. The Morgan fingerprint density at radius 2 is 2.18 bits per heavy atom. The summed E-state index contributed by atoms with van der Waals surface area (Å²) in [6.45, 7) is 9.04. The van der Waals surface area contributed by atoms with Crippen LogP contribution in [0.15, 0.2) is 28.8 Å². The Balaban J connectivity index is 1.95. The number of carbonyl (C=O) groups is 1. The number of pyridine rings is 2. The minimum atomic E-state index is -1.42. The molecule has 2 aliphatic rings. The van der Waals surface area contributed by atoms with E-state index in [1.165, 1.54) is 0 Å². The number of carboxylic acid groups (broad SMARTS) is 1. The first-order valence-electron chi connectivity index (χ1n) is 11.1. The summed E-state index contributed by atoms with van der Waals surface area (Å²) in [7, 11) is 0. The number of aryl methyl sites for hydroxylation is 2. The van der Waals surface area contributed by atoms with Gasteiger partial charge in [0.15, 0.2) is 0 Å². The molecule has 0 saturated carbocycles. The molecule has 174 valence electrons. The first kappa shape index (κ1) is 22.9. The number of aromatic nitrogens is 2. The number of rotatable bonds is 5. The number of fused-ring (bicyclic) bond motifs is 5. The molecule has 4 rings (SSSR count). The Morgan fingerprint density at radius 1 is 1.45 bits per heavy atom. The lowest BCUT2D eigenvalue weighted by Gasteiger charge is -2.29. The lowest BCUT2D eigenvalue weighted by Crippen LogP contribution is -2.26. The SMILES string of the molecule is C=C(F)/C(C)=C1/CC[C@H](N)c2c3c(nc(C)c21)-c1cc(CCC)c(COC(=O)O)c(=O)n1C3. The normalized spacial score (nSPS) is 17.8. The van der Waals surface area contributed by atoms with Crippen LogP contribution in [0.1, 0.15) is 72.7 Å². The molecule has 33 heavy (non-hydrogen) atoms. The van der Waals surface area contributed by atoms with Crippen molar-refractivity contribution in [1.82, 2.24) is 9.55 Å². The Labute approximate surface area is 191 Å². The molecule has 3 heterocycles. The molecule has 8 heteroatoms. The van der Waals surface area contributed by atoms with Gasteiger partial charge in [-0.2, -0.15) is 0 Å². The van der Waals surface area contributed by atoms with Crippen LogP contribution in [-0.4, -0.2) is 20.8 Å². The lowest BCUT2D eigenvalue weighted by molar-refractivity contribution is 0.0847. The molecule has 0 unspecified atom stereocenters. The second kappa shape index (κ2) is 8.59. The highest BCUT2D eigenvalue weighted by atomic mass is 19.1. The highest BCUT2D eigenvalue weighted by Gasteiger charge is 2.34. The molecule has 0 radical (unpaired) electrons. The minimum absolute atomic E-state index is 0.255. The van der Waals surface area contributed by atoms with Crippen LogP contribution in [0.3, 0.4) is 0 Å². The summed E-state index contributed by atoms with van der Waals surface area (Å²) in [4.78, 5) is 29.2. The van der Waals surface area contributed by atoms with Gasteiger partial charge in [0.25, 0.3) is 5.56 Å². The number of hydrogen-bond acceptors (Lipinski definition) is 5. The number of allylic oxidation sites excluding steroid dienone is 3. The largest absolute Gasteiger partial charge is 0.506 e. The van der Waals surface area contributed by atoms with Gasteiger partial charge >= 0.3 is 6.16 Å². The van der Waals surface area contributed by atoms with Crippen molar-refractivity contribution in [3.05, 3.63) is 67.9 Å². The molecule has 0 aromatic carbocycles. The van der Waals surface area contributed by atoms with Crippen LogP contribution in [0.4, 0.5) is 9.18 Å². The molecule has 0 spiro atoms. The van der Waals surface area contributed by atoms with Crippen molar-refractivity contribution >= 4 is 11.7 Å². The van der Waals surface area contributed by atoms with E-state index in [-0.39, 0.29) is 24.8 Å². The van der Waals surface area contributed by atoms with E-state index >= 15 is 0 Å². The fourth-order valence-electron chi connectivity index (χ4n) is 5.07. The molecule has 2 aromatic rings. The van der Waals surface area contributed by atoms with Gasteiger partial charge in [-0.15, -0.1) is 0 Å². The Hall–Kier alpha value is -3.26. The van der Waals surface area contributed by atoms with E-state index in [9.17, 15) is 14.0 Å². The summed E-state index contributed by atoms with van der Waals surface area (Å²) in [6.07, 6.45) is 1.27. The van der Waals surface area contributed by atoms with Gasteiger partial charge in [0, 0.05) is 22.9 Å². The third-order valence-electron chi connectivity index (χ3n) is 6.67. The molecule has 0 bridgehead atoms. The van der Waals surface area contributed by atoms with Gasteiger partial charge in [-0.05, 0) is 61.4 Å². The van der Waals surface area contributed by atoms with E-state index in [1.807, 2.05) is 19.9 Å². The molecule has 2 aromatic heterocycles. The van der Waals surface area contributed by atoms with Crippen LogP contribution in [0.2, 0.25) is 0 Å². The van der Waals surface area contributed by atoms with Crippen molar-refractivity contribution in [2.24, 2.45) is 5.73 Å². The van der Waals surface area contributed by atoms with Crippen molar-refractivity contribution in [2.75, 3.05) is 0 Å². The van der Waals surface area contributed by atoms with Crippen molar-refractivity contribution in [3.8, 4) is 11.4 Å². The van der Waals surface area contributed by atoms with Gasteiger partial charge < -0.3 is 20.1 Å².